The Morgan fingerprint density at radius 1 is 1.38 bits per heavy atom. The van der Waals surface area contributed by atoms with Gasteiger partial charge in [-0.2, -0.15) is 5.10 Å². The molecule has 0 aliphatic carbocycles. The van der Waals surface area contributed by atoms with E-state index in [-0.39, 0.29) is 11.9 Å². The van der Waals surface area contributed by atoms with Crippen LogP contribution in [0.5, 0.6) is 0 Å². The normalized spacial score (nSPS) is 17.1. The van der Waals surface area contributed by atoms with E-state index in [4.69, 9.17) is 17.3 Å². The molecule has 3 N–H and O–H groups in total. The number of benzene rings is 1. The Labute approximate surface area is 144 Å². The van der Waals surface area contributed by atoms with Gasteiger partial charge in [-0.05, 0) is 31.5 Å². The molecule has 1 aromatic heterocycles. The maximum absolute atomic E-state index is 12.4. The Morgan fingerprint density at radius 2 is 2.12 bits per heavy atom. The summed E-state index contributed by atoms with van der Waals surface area (Å²) in [7, 11) is 0. The Morgan fingerprint density at radius 3 is 2.79 bits per heavy atom. The number of rotatable bonds is 3. The summed E-state index contributed by atoms with van der Waals surface area (Å²) in [6.45, 7) is 2.83. The number of likely N-dealkylation sites (tertiary alicyclic amines) is 1. The largest absolute Gasteiger partial charge is 0.351 e. The fraction of sp³-hybridized carbons (Fsp3) is 0.312. The molecule has 1 fully saturated rings. The van der Waals surface area contributed by atoms with Crippen LogP contribution in [0.1, 0.15) is 22.6 Å². The molecule has 7 nitrogen and oxygen atoms in total. The first-order valence-electron chi connectivity index (χ1n) is 7.62. The van der Waals surface area contributed by atoms with Gasteiger partial charge in [0.15, 0.2) is 5.69 Å². The van der Waals surface area contributed by atoms with Crippen molar-refractivity contribution < 1.29 is 9.59 Å². The highest BCUT2D eigenvalue weighted by atomic mass is 35.5. The lowest BCUT2D eigenvalue weighted by atomic mass is 10.2. The van der Waals surface area contributed by atoms with E-state index in [0.29, 0.717) is 30.2 Å². The Kier molecular flexibility index (Phi) is 4.44. The molecule has 0 unspecified atom stereocenters. The van der Waals surface area contributed by atoms with Crippen molar-refractivity contribution in [2.45, 2.75) is 19.4 Å². The molecule has 126 valence electrons. The van der Waals surface area contributed by atoms with Crippen molar-refractivity contribution in [3.8, 4) is 5.69 Å². The number of nitrogens with one attached hydrogen (secondary N) is 1. The minimum atomic E-state index is -0.467. The number of hydrogen-bond acceptors (Lipinski definition) is 3. The number of carbonyl (C=O) groups is 2. The van der Waals surface area contributed by atoms with E-state index in [1.807, 2.05) is 25.1 Å². The molecule has 24 heavy (non-hydrogen) atoms. The molecule has 2 aromatic rings. The van der Waals surface area contributed by atoms with Crippen LogP contribution in [-0.4, -0.2) is 45.8 Å². The van der Waals surface area contributed by atoms with E-state index < -0.39 is 6.03 Å². The number of aromatic nitrogens is 2. The lowest BCUT2D eigenvalue weighted by molar-refractivity contribution is 0.0932. The summed E-state index contributed by atoms with van der Waals surface area (Å²) < 4.78 is 1.64. The molecule has 1 aliphatic heterocycles. The average molecular weight is 348 g/mol. The molecule has 2 heterocycles. The topological polar surface area (TPSA) is 93.2 Å². The number of para-hydroxylation sites is 1. The standard InChI is InChI=1S/C16H18ClN5O2/c1-10-8-13(20-22(10)14-5-3-2-4-12(14)17)15(23)19-11-6-7-21(9-11)16(18)24/h2-5,8,11H,6-7,9H2,1H3,(H2,18,24)(H,19,23)/t11-/m0/s1. The first-order chi connectivity index (χ1) is 11.5. The third-order valence-corrected chi connectivity index (χ3v) is 4.36. The first kappa shape index (κ1) is 16.3. The van der Waals surface area contributed by atoms with Gasteiger partial charge < -0.3 is 16.0 Å². The van der Waals surface area contributed by atoms with Gasteiger partial charge in [-0.1, -0.05) is 23.7 Å². The van der Waals surface area contributed by atoms with Gasteiger partial charge in [0.2, 0.25) is 0 Å². The van der Waals surface area contributed by atoms with Crippen LogP contribution in [-0.2, 0) is 0 Å². The predicted octanol–water partition coefficient (Wildman–Crippen LogP) is 1.72. The molecule has 1 saturated heterocycles. The second-order valence-electron chi connectivity index (χ2n) is 5.78. The summed E-state index contributed by atoms with van der Waals surface area (Å²) in [6, 6.07) is 8.43. The lowest BCUT2D eigenvalue weighted by Crippen LogP contribution is -2.40. The quantitative estimate of drug-likeness (QED) is 0.885. The summed E-state index contributed by atoms with van der Waals surface area (Å²) in [5, 5.41) is 7.80. The van der Waals surface area contributed by atoms with E-state index >= 15 is 0 Å². The highest BCUT2D eigenvalue weighted by Gasteiger charge is 2.27. The summed E-state index contributed by atoms with van der Waals surface area (Å²) in [5.41, 5.74) is 7.08. The van der Waals surface area contributed by atoms with Gasteiger partial charge in [-0.25, -0.2) is 9.48 Å². The molecule has 0 bridgehead atoms. The Hall–Kier alpha value is -2.54. The second kappa shape index (κ2) is 6.52. The zero-order chi connectivity index (χ0) is 17.3. The Balaban J connectivity index is 1.74. The maximum Gasteiger partial charge on any atom is 0.314 e. The van der Waals surface area contributed by atoms with Gasteiger partial charge in [-0.3, -0.25) is 4.79 Å². The number of nitrogens with two attached hydrogens (primary N) is 1. The maximum atomic E-state index is 12.4. The first-order valence-corrected chi connectivity index (χ1v) is 8.00. The van der Waals surface area contributed by atoms with Crippen molar-refractivity contribution in [1.82, 2.24) is 20.0 Å². The number of nitrogens with zero attached hydrogens (tertiary/aromatic N) is 3. The molecule has 3 amide bonds. The van der Waals surface area contributed by atoms with Crippen LogP contribution in [0.4, 0.5) is 4.79 Å². The number of hydrogen-bond donors (Lipinski definition) is 2. The minimum absolute atomic E-state index is 0.115. The predicted molar refractivity (Wildman–Crippen MR) is 90.3 cm³/mol. The molecule has 0 saturated carbocycles. The van der Waals surface area contributed by atoms with Crippen LogP contribution >= 0.6 is 11.6 Å². The molecule has 1 aromatic carbocycles. The average Bonchev–Trinajstić information content (AvgIpc) is 3.15. The molecular weight excluding hydrogens is 330 g/mol. The Bertz CT molecular complexity index is 789. The van der Waals surface area contributed by atoms with Crippen molar-refractivity contribution in [1.29, 1.82) is 0 Å². The molecular formula is C16H18ClN5O2. The number of halogens is 1. The van der Waals surface area contributed by atoms with Crippen molar-refractivity contribution >= 4 is 23.5 Å². The van der Waals surface area contributed by atoms with Gasteiger partial charge in [0.25, 0.3) is 5.91 Å². The van der Waals surface area contributed by atoms with Crippen molar-refractivity contribution in [2.75, 3.05) is 13.1 Å². The monoisotopic (exact) mass is 347 g/mol. The van der Waals surface area contributed by atoms with Crippen LogP contribution in [0.3, 0.4) is 0 Å². The molecule has 1 aliphatic rings. The third kappa shape index (κ3) is 3.21. The number of primary amides is 1. The molecule has 8 heteroatoms. The fourth-order valence-corrected chi connectivity index (χ4v) is 3.01. The SMILES string of the molecule is Cc1cc(C(=O)N[C@H]2CCN(C(N)=O)C2)nn1-c1ccccc1Cl. The summed E-state index contributed by atoms with van der Waals surface area (Å²) in [5.74, 6) is -0.278. The van der Waals surface area contributed by atoms with E-state index in [1.54, 1.807) is 16.8 Å². The number of amides is 3. The lowest BCUT2D eigenvalue weighted by Gasteiger charge is -2.13. The van der Waals surface area contributed by atoms with Gasteiger partial charge in [0, 0.05) is 24.8 Å². The second-order valence-corrected chi connectivity index (χ2v) is 6.18. The number of urea groups is 1. The summed E-state index contributed by atoms with van der Waals surface area (Å²) in [6.07, 6.45) is 0.679. The van der Waals surface area contributed by atoms with E-state index in [0.717, 1.165) is 11.4 Å². The summed E-state index contributed by atoms with van der Waals surface area (Å²) in [4.78, 5) is 25.1. The fourth-order valence-electron chi connectivity index (χ4n) is 2.79. The van der Waals surface area contributed by atoms with Crippen molar-refractivity contribution in [2.24, 2.45) is 5.73 Å². The van der Waals surface area contributed by atoms with Crippen LogP contribution in [0, 0.1) is 6.92 Å². The van der Waals surface area contributed by atoms with E-state index in [1.165, 1.54) is 4.90 Å². The van der Waals surface area contributed by atoms with Crippen LogP contribution in [0.2, 0.25) is 5.02 Å². The van der Waals surface area contributed by atoms with Crippen LogP contribution in [0.15, 0.2) is 30.3 Å². The zero-order valence-electron chi connectivity index (χ0n) is 13.2. The van der Waals surface area contributed by atoms with E-state index in [2.05, 4.69) is 10.4 Å². The molecule has 1 atom stereocenters. The van der Waals surface area contributed by atoms with Crippen molar-refractivity contribution in [3.05, 3.63) is 46.7 Å². The van der Waals surface area contributed by atoms with Gasteiger partial charge in [0.05, 0.1) is 10.7 Å². The van der Waals surface area contributed by atoms with Gasteiger partial charge in [0.1, 0.15) is 0 Å². The molecule has 3 rings (SSSR count). The number of carbonyl (C=O) groups excluding carboxylic acids is 2. The highest BCUT2D eigenvalue weighted by Crippen LogP contribution is 2.21. The molecule has 0 radical (unpaired) electrons. The van der Waals surface area contributed by atoms with Crippen LogP contribution in [0.25, 0.3) is 5.69 Å². The summed E-state index contributed by atoms with van der Waals surface area (Å²) >= 11 is 6.19. The van der Waals surface area contributed by atoms with E-state index in [9.17, 15) is 9.59 Å². The minimum Gasteiger partial charge on any atom is -0.351 e. The number of aryl methyl sites for hydroxylation is 1. The molecule has 0 spiro atoms. The van der Waals surface area contributed by atoms with Gasteiger partial charge >= 0.3 is 6.03 Å². The zero-order valence-corrected chi connectivity index (χ0v) is 14.0. The third-order valence-electron chi connectivity index (χ3n) is 4.04. The highest BCUT2D eigenvalue weighted by molar-refractivity contribution is 6.32. The van der Waals surface area contributed by atoms with Gasteiger partial charge in [-0.15, -0.1) is 0 Å². The smallest absolute Gasteiger partial charge is 0.314 e. The van der Waals surface area contributed by atoms with Crippen molar-refractivity contribution in [3.63, 3.8) is 0 Å². The van der Waals surface area contributed by atoms with Crippen LogP contribution < -0.4 is 11.1 Å².